The Morgan fingerprint density at radius 3 is 2.44 bits per heavy atom. The summed E-state index contributed by atoms with van der Waals surface area (Å²) in [7, 11) is 3.25. The van der Waals surface area contributed by atoms with Crippen molar-refractivity contribution in [1.29, 1.82) is 0 Å². The molecule has 5 nitrogen and oxygen atoms in total. The first-order valence-corrected chi connectivity index (χ1v) is 10.9. The van der Waals surface area contributed by atoms with Crippen LogP contribution in [-0.2, 0) is 11.2 Å². The quantitative estimate of drug-likeness (QED) is 0.515. The molecule has 3 aromatic rings. The number of rotatable bonds is 6. The van der Waals surface area contributed by atoms with Crippen molar-refractivity contribution in [2.45, 2.75) is 19.4 Å². The third-order valence-corrected chi connectivity index (χ3v) is 6.06. The lowest BCUT2D eigenvalue weighted by Gasteiger charge is -2.38. The number of carbonyl (C=O) groups excluding carboxylic acids is 1. The minimum absolute atomic E-state index is 0.0882. The van der Waals surface area contributed by atoms with Gasteiger partial charge in [-0.1, -0.05) is 48.0 Å². The first-order chi connectivity index (χ1) is 15.5. The van der Waals surface area contributed by atoms with Crippen LogP contribution in [0.1, 0.15) is 28.3 Å². The van der Waals surface area contributed by atoms with E-state index in [0.29, 0.717) is 28.8 Å². The molecule has 0 aliphatic carbocycles. The maximum Gasteiger partial charge on any atom is 0.261 e. The molecular formula is C26H26ClNO4. The van der Waals surface area contributed by atoms with Crippen LogP contribution in [0.4, 0.5) is 0 Å². The van der Waals surface area contributed by atoms with Crippen molar-refractivity contribution in [3.05, 3.63) is 87.9 Å². The van der Waals surface area contributed by atoms with Gasteiger partial charge in [0.2, 0.25) is 0 Å². The number of fused-ring (bicyclic) bond motifs is 1. The molecule has 0 radical (unpaired) electrons. The average molecular weight is 452 g/mol. The predicted molar refractivity (Wildman–Crippen MR) is 125 cm³/mol. The average Bonchev–Trinajstić information content (AvgIpc) is 2.83. The molecule has 1 amide bonds. The first-order valence-electron chi connectivity index (χ1n) is 10.5. The Balaban J connectivity index is 1.67. The van der Waals surface area contributed by atoms with Crippen LogP contribution in [-0.4, -0.2) is 38.2 Å². The maximum absolute atomic E-state index is 13.3. The maximum atomic E-state index is 13.3. The molecular weight excluding hydrogens is 426 g/mol. The number of amides is 1. The highest BCUT2D eigenvalue weighted by Crippen LogP contribution is 2.41. The largest absolute Gasteiger partial charge is 0.493 e. The molecule has 0 spiro atoms. The van der Waals surface area contributed by atoms with Crippen molar-refractivity contribution < 1.29 is 19.0 Å². The lowest BCUT2D eigenvalue weighted by Crippen LogP contribution is -2.43. The summed E-state index contributed by atoms with van der Waals surface area (Å²) in [6, 6.07) is 19.3. The monoisotopic (exact) mass is 451 g/mol. The summed E-state index contributed by atoms with van der Waals surface area (Å²) in [4.78, 5) is 15.2. The van der Waals surface area contributed by atoms with Gasteiger partial charge in [0.05, 0.1) is 25.3 Å². The van der Waals surface area contributed by atoms with Gasteiger partial charge in [0, 0.05) is 6.54 Å². The van der Waals surface area contributed by atoms with Gasteiger partial charge in [0.1, 0.15) is 5.75 Å². The molecule has 0 aromatic heterocycles. The second-order valence-corrected chi connectivity index (χ2v) is 8.19. The number of hydrogen-bond donors (Lipinski definition) is 0. The molecule has 0 fully saturated rings. The van der Waals surface area contributed by atoms with E-state index in [9.17, 15) is 4.79 Å². The van der Waals surface area contributed by atoms with E-state index < -0.39 is 0 Å². The number of methoxy groups -OCH3 is 2. The SMILES string of the molecule is COc1cc2c(cc1OC)[C@@H](c1ccccc1)N(C(=O)COc1cc(C)ccc1Cl)CC2. The summed E-state index contributed by atoms with van der Waals surface area (Å²) in [5, 5.41) is 0.490. The Morgan fingerprint density at radius 2 is 1.72 bits per heavy atom. The molecule has 1 heterocycles. The number of ether oxygens (including phenoxy) is 3. The molecule has 1 aliphatic rings. The number of aryl methyl sites for hydroxylation is 1. The highest BCUT2D eigenvalue weighted by Gasteiger charge is 2.33. The summed E-state index contributed by atoms with van der Waals surface area (Å²) in [6.07, 6.45) is 0.718. The van der Waals surface area contributed by atoms with E-state index in [4.69, 9.17) is 25.8 Å². The fourth-order valence-corrected chi connectivity index (χ4v) is 4.32. The lowest BCUT2D eigenvalue weighted by molar-refractivity contribution is -0.135. The van der Waals surface area contributed by atoms with E-state index in [2.05, 4.69) is 0 Å². The summed E-state index contributed by atoms with van der Waals surface area (Å²) in [5.74, 6) is 1.75. The van der Waals surface area contributed by atoms with Crippen LogP contribution < -0.4 is 14.2 Å². The normalized spacial score (nSPS) is 15.1. The van der Waals surface area contributed by atoms with Crippen molar-refractivity contribution in [2.24, 2.45) is 0 Å². The van der Waals surface area contributed by atoms with Crippen LogP contribution in [0.3, 0.4) is 0 Å². The molecule has 0 unspecified atom stereocenters. The van der Waals surface area contributed by atoms with E-state index in [1.54, 1.807) is 20.3 Å². The van der Waals surface area contributed by atoms with Gasteiger partial charge < -0.3 is 19.1 Å². The molecule has 32 heavy (non-hydrogen) atoms. The zero-order chi connectivity index (χ0) is 22.7. The van der Waals surface area contributed by atoms with E-state index in [1.165, 1.54) is 0 Å². The molecule has 4 rings (SSSR count). The Kier molecular flexibility index (Phi) is 6.56. The first kappa shape index (κ1) is 22.0. The number of halogens is 1. The van der Waals surface area contributed by atoms with Crippen molar-refractivity contribution in [3.8, 4) is 17.2 Å². The molecule has 0 N–H and O–H groups in total. The standard InChI is InChI=1S/C26H26ClNO4/c1-17-9-10-21(27)22(13-17)32-16-25(29)28-12-11-19-14-23(30-2)24(31-3)15-20(19)26(28)18-7-5-4-6-8-18/h4-10,13-15,26H,11-12,16H2,1-3H3/t26-/m1/s1. The van der Waals surface area contributed by atoms with Gasteiger partial charge in [0.25, 0.3) is 5.91 Å². The molecule has 1 atom stereocenters. The molecule has 6 heteroatoms. The Morgan fingerprint density at radius 1 is 1.00 bits per heavy atom. The van der Waals surface area contributed by atoms with Crippen LogP contribution in [0.5, 0.6) is 17.2 Å². The minimum atomic E-state index is -0.246. The fraction of sp³-hybridized carbons (Fsp3) is 0.269. The van der Waals surface area contributed by atoms with E-state index in [0.717, 1.165) is 28.7 Å². The Hall–Kier alpha value is -3.18. The third-order valence-electron chi connectivity index (χ3n) is 5.75. The van der Waals surface area contributed by atoms with Gasteiger partial charge in [0.15, 0.2) is 18.1 Å². The van der Waals surface area contributed by atoms with Crippen molar-refractivity contribution in [2.75, 3.05) is 27.4 Å². The Bertz CT molecular complexity index is 1120. The summed E-state index contributed by atoms with van der Waals surface area (Å²) in [5.41, 5.74) is 4.22. The Labute approximate surface area is 193 Å². The highest BCUT2D eigenvalue weighted by atomic mass is 35.5. The minimum Gasteiger partial charge on any atom is -0.493 e. The van der Waals surface area contributed by atoms with Gasteiger partial charge >= 0.3 is 0 Å². The second kappa shape index (κ2) is 9.53. The zero-order valence-electron chi connectivity index (χ0n) is 18.4. The van der Waals surface area contributed by atoms with E-state index >= 15 is 0 Å². The van der Waals surface area contributed by atoms with Crippen molar-refractivity contribution >= 4 is 17.5 Å². The molecule has 166 valence electrons. The van der Waals surface area contributed by atoms with Gasteiger partial charge in [-0.25, -0.2) is 0 Å². The zero-order valence-corrected chi connectivity index (χ0v) is 19.2. The van der Waals surface area contributed by atoms with Gasteiger partial charge in [-0.3, -0.25) is 4.79 Å². The number of hydrogen-bond acceptors (Lipinski definition) is 4. The van der Waals surface area contributed by atoms with Gasteiger partial charge in [-0.15, -0.1) is 0 Å². The highest BCUT2D eigenvalue weighted by molar-refractivity contribution is 6.32. The molecule has 0 saturated heterocycles. The number of carbonyl (C=O) groups is 1. The van der Waals surface area contributed by atoms with Crippen LogP contribution in [0.2, 0.25) is 5.02 Å². The molecule has 3 aromatic carbocycles. The topological polar surface area (TPSA) is 48.0 Å². The summed E-state index contributed by atoms with van der Waals surface area (Å²) >= 11 is 6.24. The fourth-order valence-electron chi connectivity index (χ4n) is 4.15. The van der Waals surface area contributed by atoms with Crippen LogP contribution >= 0.6 is 11.6 Å². The van der Waals surface area contributed by atoms with E-state index in [-0.39, 0.29) is 18.6 Å². The van der Waals surface area contributed by atoms with Crippen LogP contribution in [0, 0.1) is 6.92 Å². The lowest BCUT2D eigenvalue weighted by atomic mass is 9.87. The molecule has 1 aliphatic heterocycles. The van der Waals surface area contributed by atoms with Crippen molar-refractivity contribution in [1.82, 2.24) is 4.90 Å². The second-order valence-electron chi connectivity index (χ2n) is 7.78. The van der Waals surface area contributed by atoms with Gasteiger partial charge in [-0.05, 0) is 59.9 Å². The van der Waals surface area contributed by atoms with Crippen LogP contribution in [0.15, 0.2) is 60.7 Å². The third kappa shape index (κ3) is 4.39. The molecule has 0 saturated carbocycles. The smallest absolute Gasteiger partial charge is 0.261 e. The molecule has 0 bridgehead atoms. The van der Waals surface area contributed by atoms with Crippen molar-refractivity contribution in [3.63, 3.8) is 0 Å². The number of benzene rings is 3. The van der Waals surface area contributed by atoms with Gasteiger partial charge in [-0.2, -0.15) is 0 Å². The predicted octanol–water partition coefficient (Wildman–Crippen LogP) is 5.22. The van der Waals surface area contributed by atoms with E-state index in [1.807, 2.05) is 66.4 Å². The number of nitrogens with zero attached hydrogens (tertiary/aromatic N) is 1. The van der Waals surface area contributed by atoms with Crippen LogP contribution in [0.25, 0.3) is 0 Å². The summed E-state index contributed by atoms with van der Waals surface area (Å²) in [6.45, 7) is 2.45. The summed E-state index contributed by atoms with van der Waals surface area (Å²) < 4.78 is 16.9.